The number of carbonyl (C=O) groups is 2. The van der Waals surface area contributed by atoms with Crippen LogP contribution in [0, 0.1) is 5.82 Å². The van der Waals surface area contributed by atoms with E-state index in [2.05, 4.69) is 5.32 Å². The summed E-state index contributed by atoms with van der Waals surface area (Å²) in [6, 6.07) is 18.5. The molecular weight excluding hydrogens is 549 g/mol. The molecule has 1 atom stereocenters. The normalized spacial score (nSPS) is 11.8. The first-order chi connectivity index (χ1) is 19.6. The number of methoxy groups -OCH3 is 2. The minimum absolute atomic E-state index is 0.0526. The Hall–Kier alpha value is -4.12. The zero-order valence-corrected chi connectivity index (χ0v) is 24.5. The fourth-order valence-electron chi connectivity index (χ4n) is 4.29. The number of hydrogen-bond acceptors (Lipinski definition) is 6. The Kier molecular flexibility index (Phi) is 11.1. The fraction of sp³-hybridized carbons (Fsp3) is 0.333. The third-order valence-corrected chi connectivity index (χ3v) is 7.55. The number of hydrogen-bond donors (Lipinski definition) is 1. The van der Waals surface area contributed by atoms with Crippen molar-refractivity contribution in [1.29, 1.82) is 0 Å². The first kappa shape index (κ1) is 31.4. The van der Waals surface area contributed by atoms with E-state index in [1.54, 1.807) is 12.1 Å². The Bertz CT molecular complexity index is 1420. The number of rotatable bonds is 14. The van der Waals surface area contributed by atoms with Gasteiger partial charge in [0.1, 0.15) is 29.9 Å². The molecule has 0 aliphatic heterocycles. The van der Waals surface area contributed by atoms with Gasteiger partial charge < -0.3 is 19.7 Å². The molecule has 3 aromatic carbocycles. The maximum Gasteiger partial charge on any atom is 0.244 e. The van der Waals surface area contributed by atoms with Crippen molar-refractivity contribution in [3.63, 3.8) is 0 Å². The predicted octanol–water partition coefficient (Wildman–Crippen LogP) is 3.78. The van der Waals surface area contributed by atoms with Gasteiger partial charge in [-0.1, -0.05) is 49.4 Å². The van der Waals surface area contributed by atoms with Gasteiger partial charge in [-0.25, -0.2) is 12.8 Å². The molecular formula is C30H36FN3O6S. The third-order valence-electron chi connectivity index (χ3n) is 6.42. The lowest BCUT2D eigenvalue weighted by Gasteiger charge is -2.33. The van der Waals surface area contributed by atoms with Crippen LogP contribution in [0.15, 0.2) is 72.8 Å². The van der Waals surface area contributed by atoms with E-state index >= 15 is 0 Å². The quantitative estimate of drug-likeness (QED) is 0.309. The van der Waals surface area contributed by atoms with Gasteiger partial charge in [0.2, 0.25) is 21.8 Å². The number of nitrogens with zero attached hydrogens (tertiary/aromatic N) is 2. The number of carbonyl (C=O) groups excluding carboxylic acids is 2. The molecule has 0 saturated heterocycles. The highest BCUT2D eigenvalue weighted by molar-refractivity contribution is 7.92. The largest absolute Gasteiger partial charge is 0.497 e. The maximum absolute atomic E-state index is 14.1. The second-order valence-electron chi connectivity index (χ2n) is 9.45. The van der Waals surface area contributed by atoms with E-state index in [9.17, 15) is 22.4 Å². The average Bonchev–Trinajstić information content (AvgIpc) is 2.96. The number of benzene rings is 3. The summed E-state index contributed by atoms with van der Waals surface area (Å²) in [4.78, 5) is 28.9. The molecule has 0 bridgehead atoms. The first-order valence-corrected chi connectivity index (χ1v) is 15.0. The molecule has 1 unspecified atom stereocenters. The Balaban J connectivity index is 2.09. The molecule has 0 aliphatic rings. The lowest BCUT2D eigenvalue weighted by molar-refractivity contribution is -0.140. The summed E-state index contributed by atoms with van der Waals surface area (Å²) in [6.07, 6.45) is 1.86. The van der Waals surface area contributed by atoms with Crippen molar-refractivity contribution in [3.05, 3.63) is 89.7 Å². The van der Waals surface area contributed by atoms with Gasteiger partial charge in [0.05, 0.1) is 26.2 Å². The van der Waals surface area contributed by atoms with E-state index in [-0.39, 0.29) is 30.3 Å². The number of halogens is 1. The van der Waals surface area contributed by atoms with Crippen molar-refractivity contribution in [2.45, 2.75) is 32.4 Å². The van der Waals surface area contributed by atoms with Crippen LogP contribution >= 0.6 is 0 Å². The topological polar surface area (TPSA) is 105 Å². The van der Waals surface area contributed by atoms with Crippen LogP contribution in [0.5, 0.6) is 11.5 Å². The van der Waals surface area contributed by atoms with Gasteiger partial charge in [-0.15, -0.1) is 0 Å². The number of anilines is 1. The van der Waals surface area contributed by atoms with Gasteiger partial charge in [-0.05, 0) is 41.8 Å². The van der Waals surface area contributed by atoms with Crippen molar-refractivity contribution in [3.8, 4) is 11.5 Å². The summed E-state index contributed by atoms with van der Waals surface area (Å²) in [5.74, 6) is -0.864. The highest BCUT2D eigenvalue weighted by Gasteiger charge is 2.33. The van der Waals surface area contributed by atoms with Crippen LogP contribution < -0.4 is 19.1 Å². The molecule has 0 aromatic heterocycles. The fourth-order valence-corrected chi connectivity index (χ4v) is 5.14. The Morgan fingerprint density at radius 2 is 1.63 bits per heavy atom. The highest BCUT2D eigenvalue weighted by Crippen LogP contribution is 2.34. The van der Waals surface area contributed by atoms with Crippen LogP contribution in [0.1, 0.15) is 24.5 Å². The van der Waals surface area contributed by atoms with Gasteiger partial charge in [0.25, 0.3) is 0 Å². The molecule has 3 rings (SSSR count). The molecule has 11 heteroatoms. The lowest BCUT2D eigenvalue weighted by atomic mass is 10.0. The van der Waals surface area contributed by atoms with Crippen LogP contribution in [0.3, 0.4) is 0 Å². The monoisotopic (exact) mass is 585 g/mol. The molecule has 0 radical (unpaired) electrons. The van der Waals surface area contributed by atoms with E-state index < -0.39 is 34.3 Å². The maximum atomic E-state index is 14.1. The van der Waals surface area contributed by atoms with Gasteiger partial charge in [-0.2, -0.15) is 0 Å². The highest BCUT2D eigenvalue weighted by atomic mass is 32.2. The van der Waals surface area contributed by atoms with Crippen LogP contribution in [0.2, 0.25) is 0 Å². The molecule has 1 N–H and O–H groups in total. The smallest absolute Gasteiger partial charge is 0.244 e. The standard InChI is InChI=1S/C30H36FN3O6S/c1-5-17-32-30(36)27(18-22-9-7-6-8-10-22)33(20-23-11-13-24(31)14-12-23)29(35)21-34(41(4,37)38)26-19-25(39-2)15-16-28(26)40-3/h6-16,19,27H,5,17-18,20-21H2,1-4H3,(H,32,36). The van der Waals surface area contributed by atoms with Crippen LogP contribution in [0.25, 0.3) is 0 Å². The summed E-state index contributed by atoms with van der Waals surface area (Å²) in [5, 5.41) is 2.87. The van der Waals surface area contributed by atoms with E-state index in [4.69, 9.17) is 9.47 Å². The molecule has 0 aliphatic carbocycles. The molecule has 0 heterocycles. The van der Waals surface area contributed by atoms with Crippen molar-refractivity contribution < 1.29 is 31.9 Å². The predicted molar refractivity (Wildman–Crippen MR) is 156 cm³/mol. The third kappa shape index (κ3) is 8.68. The Labute approximate surface area is 240 Å². The number of sulfonamides is 1. The van der Waals surface area contributed by atoms with E-state index in [1.807, 2.05) is 37.3 Å². The van der Waals surface area contributed by atoms with Gasteiger partial charge in [0, 0.05) is 25.6 Å². The number of ether oxygens (including phenoxy) is 2. The van der Waals surface area contributed by atoms with Crippen molar-refractivity contribution in [1.82, 2.24) is 10.2 Å². The van der Waals surface area contributed by atoms with Crippen LogP contribution in [-0.4, -0.2) is 64.7 Å². The molecule has 9 nitrogen and oxygen atoms in total. The summed E-state index contributed by atoms with van der Waals surface area (Å²) >= 11 is 0. The Morgan fingerprint density at radius 1 is 0.951 bits per heavy atom. The number of amides is 2. The molecule has 2 amide bonds. The van der Waals surface area contributed by atoms with Gasteiger partial charge >= 0.3 is 0 Å². The molecule has 3 aromatic rings. The van der Waals surface area contributed by atoms with Crippen LogP contribution in [0.4, 0.5) is 10.1 Å². The van der Waals surface area contributed by atoms with Crippen molar-refractivity contribution >= 4 is 27.5 Å². The second-order valence-corrected chi connectivity index (χ2v) is 11.4. The Morgan fingerprint density at radius 3 is 2.22 bits per heavy atom. The van der Waals surface area contributed by atoms with Crippen LogP contribution in [-0.2, 0) is 32.6 Å². The summed E-state index contributed by atoms with van der Waals surface area (Å²) < 4.78 is 51.3. The first-order valence-electron chi connectivity index (χ1n) is 13.1. The van der Waals surface area contributed by atoms with E-state index in [0.717, 1.165) is 16.1 Å². The SMILES string of the molecule is CCCNC(=O)C(Cc1ccccc1)N(Cc1ccc(F)cc1)C(=O)CN(c1cc(OC)ccc1OC)S(C)(=O)=O. The second kappa shape index (κ2) is 14.5. The molecule has 0 saturated carbocycles. The molecule has 41 heavy (non-hydrogen) atoms. The average molecular weight is 586 g/mol. The molecule has 220 valence electrons. The lowest BCUT2D eigenvalue weighted by Crippen LogP contribution is -2.53. The van der Waals surface area contributed by atoms with E-state index in [0.29, 0.717) is 24.3 Å². The molecule has 0 spiro atoms. The minimum Gasteiger partial charge on any atom is -0.497 e. The summed E-state index contributed by atoms with van der Waals surface area (Å²) in [6.45, 7) is 1.65. The molecule has 0 fully saturated rings. The zero-order valence-electron chi connectivity index (χ0n) is 23.7. The van der Waals surface area contributed by atoms with Crippen molar-refractivity contribution in [2.75, 3.05) is 37.9 Å². The zero-order chi connectivity index (χ0) is 30.0. The summed E-state index contributed by atoms with van der Waals surface area (Å²) in [5.41, 5.74) is 1.50. The van der Waals surface area contributed by atoms with Gasteiger partial charge in [-0.3, -0.25) is 13.9 Å². The minimum atomic E-state index is -4.00. The van der Waals surface area contributed by atoms with E-state index in [1.165, 1.54) is 49.5 Å². The van der Waals surface area contributed by atoms with Gasteiger partial charge in [0.15, 0.2) is 0 Å². The summed E-state index contributed by atoms with van der Waals surface area (Å²) in [7, 11) is -1.17. The van der Waals surface area contributed by atoms with Crippen molar-refractivity contribution in [2.24, 2.45) is 0 Å². The number of nitrogens with one attached hydrogen (secondary N) is 1.